The molecule has 1 amide bonds. The van der Waals surface area contributed by atoms with Crippen LogP contribution in [-0.2, 0) is 6.42 Å². The van der Waals surface area contributed by atoms with E-state index in [1.54, 1.807) is 7.11 Å². The van der Waals surface area contributed by atoms with Gasteiger partial charge in [-0.25, -0.2) is 4.98 Å². The van der Waals surface area contributed by atoms with Gasteiger partial charge in [0.15, 0.2) is 0 Å². The number of benzene rings is 1. The van der Waals surface area contributed by atoms with Gasteiger partial charge in [-0.3, -0.25) is 4.79 Å². The normalized spacial score (nSPS) is 16.5. The summed E-state index contributed by atoms with van der Waals surface area (Å²) in [5.41, 5.74) is 4.89. The lowest BCUT2D eigenvalue weighted by Crippen LogP contribution is -2.31. The van der Waals surface area contributed by atoms with Crippen molar-refractivity contribution in [3.8, 4) is 5.75 Å². The lowest BCUT2D eigenvalue weighted by atomic mass is 9.87. The number of rotatable bonds is 3. The highest BCUT2D eigenvalue weighted by Gasteiger charge is 2.23. The van der Waals surface area contributed by atoms with Gasteiger partial charge in [-0.1, -0.05) is 6.07 Å². The van der Waals surface area contributed by atoms with E-state index in [1.165, 1.54) is 11.1 Å². The minimum Gasteiger partial charge on any atom is -0.497 e. The SMILES string of the molecule is COc1ccc2c(c1)CCC[C@@H]2NC(=O)c1ccc2nc(C)cn2c1. The molecule has 5 nitrogen and oxygen atoms in total. The van der Waals surface area contributed by atoms with Crippen LogP contribution in [0.1, 0.15) is 46.1 Å². The molecule has 4 rings (SSSR count). The number of hydrogen-bond donors (Lipinski definition) is 1. The third-order valence-electron chi connectivity index (χ3n) is 4.80. The van der Waals surface area contributed by atoms with Gasteiger partial charge in [0, 0.05) is 12.4 Å². The number of methoxy groups -OCH3 is 1. The number of pyridine rings is 1. The van der Waals surface area contributed by atoms with E-state index in [1.807, 2.05) is 41.9 Å². The number of ether oxygens (including phenoxy) is 1. The average Bonchev–Trinajstić information content (AvgIpc) is 3.00. The Hall–Kier alpha value is -2.82. The Balaban J connectivity index is 1.58. The van der Waals surface area contributed by atoms with Crippen molar-refractivity contribution in [2.75, 3.05) is 7.11 Å². The van der Waals surface area contributed by atoms with Gasteiger partial charge in [0.2, 0.25) is 0 Å². The summed E-state index contributed by atoms with van der Waals surface area (Å²) in [7, 11) is 1.68. The second-order valence-electron chi connectivity index (χ2n) is 6.55. The van der Waals surface area contributed by atoms with Crippen LogP contribution < -0.4 is 10.1 Å². The number of carbonyl (C=O) groups is 1. The molecule has 0 saturated carbocycles. The van der Waals surface area contributed by atoms with E-state index in [0.717, 1.165) is 36.4 Å². The molecule has 25 heavy (non-hydrogen) atoms. The zero-order valence-electron chi connectivity index (χ0n) is 14.5. The summed E-state index contributed by atoms with van der Waals surface area (Å²) >= 11 is 0. The number of carbonyl (C=O) groups excluding carboxylic acids is 1. The molecule has 1 aromatic carbocycles. The quantitative estimate of drug-likeness (QED) is 0.797. The summed E-state index contributed by atoms with van der Waals surface area (Å²) in [5.74, 6) is 0.813. The van der Waals surface area contributed by atoms with Crippen molar-refractivity contribution in [2.24, 2.45) is 0 Å². The second-order valence-corrected chi connectivity index (χ2v) is 6.55. The van der Waals surface area contributed by atoms with Gasteiger partial charge in [0.1, 0.15) is 11.4 Å². The third-order valence-corrected chi connectivity index (χ3v) is 4.80. The molecule has 0 spiro atoms. The van der Waals surface area contributed by atoms with Crippen LogP contribution >= 0.6 is 0 Å². The fraction of sp³-hybridized carbons (Fsp3) is 0.300. The van der Waals surface area contributed by atoms with Crippen molar-refractivity contribution in [3.63, 3.8) is 0 Å². The Labute approximate surface area is 146 Å². The summed E-state index contributed by atoms with van der Waals surface area (Å²) < 4.78 is 7.21. The third kappa shape index (κ3) is 2.97. The summed E-state index contributed by atoms with van der Waals surface area (Å²) in [5, 5.41) is 3.19. The Morgan fingerprint density at radius 2 is 2.16 bits per heavy atom. The van der Waals surface area contributed by atoms with E-state index in [-0.39, 0.29) is 11.9 Å². The summed E-state index contributed by atoms with van der Waals surface area (Å²) in [6, 6.07) is 9.86. The van der Waals surface area contributed by atoms with E-state index in [0.29, 0.717) is 5.56 Å². The topological polar surface area (TPSA) is 55.6 Å². The minimum absolute atomic E-state index is 0.0439. The highest BCUT2D eigenvalue weighted by Crippen LogP contribution is 2.32. The maximum absolute atomic E-state index is 12.7. The summed E-state index contributed by atoms with van der Waals surface area (Å²) in [6.07, 6.45) is 6.80. The van der Waals surface area contributed by atoms with E-state index >= 15 is 0 Å². The monoisotopic (exact) mass is 335 g/mol. The number of fused-ring (bicyclic) bond motifs is 2. The van der Waals surface area contributed by atoms with Gasteiger partial charge in [-0.05, 0) is 61.6 Å². The van der Waals surface area contributed by atoms with Crippen molar-refractivity contribution in [2.45, 2.75) is 32.2 Å². The van der Waals surface area contributed by atoms with Gasteiger partial charge in [0.25, 0.3) is 5.91 Å². The molecular formula is C20H21N3O2. The standard InChI is InChI=1S/C20H21N3O2/c1-13-11-23-12-15(6-9-19(23)21-13)20(24)22-18-5-3-4-14-10-16(25-2)7-8-17(14)18/h6-12,18H,3-5H2,1-2H3,(H,22,24)/t18-/m0/s1. The Kier molecular flexibility index (Phi) is 3.92. The van der Waals surface area contributed by atoms with Crippen molar-refractivity contribution < 1.29 is 9.53 Å². The van der Waals surface area contributed by atoms with E-state index in [9.17, 15) is 4.79 Å². The van der Waals surface area contributed by atoms with E-state index in [4.69, 9.17) is 4.74 Å². The molecule has 0 aliphatic heterocycles. The molecule has 0 radical (unpaired) electrons. The smallest absolute Gasteiger partial charge is 0.253 e. The highest BCUT2D eigenvalue weighted by atomic mass is 16.5. The molecule has 3 aromatic rings. The predicted molar refractivity (Wildman–Crippen MR) is 96.1 cm³/mol. The van der Waals surface area contributed by atoms with Gasteiger partial charge in [-0.15, -0.1) is 0 Å². The zero-order valence-corrected chi connectivity index (χ0v) is 14.5. The number of hydrogen-bond acceptors (Lipinski definition) is 3. The lowest BCUT2D eigenvalue weighted by molar-refractivity contribution is 0.0932. The van der Waals surface area contributed by atoms with Crippen LogP contribution in [0.25, 0.3) is 5.65 Å². The number of nitrogens with one attached hydrogen (secondary N) is 1. The van der Waals surface area contributed by atoms with Crippen molar-refractivity contribution >= 4 is 11.6 Å². The van der Waals surface area contributed by atoms with Gasteiger partial charge in [0.05, 0.1) is 24.4 Å². The summed E-state index contributed by atoms with van der Waals surface area (Å²) in [4.78, 5) is 17.1. The van der Waals surface area contributed by atoms with Crippen molar-refractivity contribution in [3.05, 3.63) is 65.1 Å². The van der Waals surface area contributed by atoms with Crippen molar-refractivity contribution in [1.82, 2.24) is 14.7 Å². The van der Waals surface area contributed by atoms with Crippen LogP contribution in [0.3, 0.4) is 0 Å². The largest absolute Gasteiger partial charge is 0.497 e. The number of aryl methyl sites for hydroxylation is 2. The van der Waals surface area contributed by atoms with E-state index in [2.05, 4.69) is 22.4 Å². The highest BCUT2D eigenvalue weighted by molar-refractivity contribution is 5.94. The predicted octanol–water partition coefficient (Wildman–Crippen LogP) is 3.46. The molecule has 1 atom stereocenters. The minimum atomic E-state index is -0.0538. The molecule has 0 saturated heterocycles. The first-order valence-corrected chi connectivity index (χ1v) is 8.57. The molecule has 1 aliphatic carbocycles. The molecule has 128 valence electrons. The van der Waals surface area contributed by atoms with Crippen molar-refractivity contribution in [1.29, 1.82) is 0 Å². The zero-order chi connectivity index (χ0) is 17.4. The Bertz CT molecular complexity index is 945. The number of imidazole rings is 1. The molecule has 0 bridgehead atoms. The molecule has 1 aliphatic rings. The first kappa shape index (κ1) is 15.7. The van der Waals surface area contributed by atoms with Crippen LogP contribution in [-0.4, -0.2) is 22.4 Å². The number of nitrogens with zero attached hydrogens (tertiary/aromatic N) is 2. The number of aromatic nitrogens is 2. The molecule has 2 aromatic heterocycles. The number of amides is 1. The fourth-order valence-corrected chi connectivity index (χ4v) is 3.56. The van der Waals surface area contributed by atoms with Crippen LogP contribution in [0.15, 0.2) is 42.7 Å². The van der Waals surface area contributed by atoms with Crippen LogP contribution in [0.5, 0.6) is 5.75 Å². The van der Waals surface area contributed by atoms with Crippen LogP contribution in [0.4, 0.5) is 0 Å². The summed E-state index contributed by atoms with van der Waals surface area (Å²) in [6.45, 7) is 1.94. The molecule has 0 unspecified atom stereocenters. The first-order chi connectivity index (χ1) is 12.1. The van der Waals surface area contributed by atoms with Gasteiger partial charge < -0.3 is 14.5 Å². The Morgan fingerprint density at radius 1 is 1.28 bits per heavy atom. The fourth-order valence-electron chi connectivity index (χ4n) is 3.56. The maximum Gasteiger partial charge on any atom is 0.253 e. The molecule has 5 heteroatoms. The maximum atomic E-state index is 12.7. The molecule has 1 N–H and O–H groups in total. The van der Waals surface area contributed by atoms with E-state index < -0.39 is 0 Å². The average molecular weight is 335 g/mol. The second kappa shape index (κ2) is 6.24. The van der Waals surface area contributed by atoms with Crippen LogP contribution in [0.2, 0.25) is 0 Å². The lowest BCUT2D eigenvalue weighted by Gasteiger charge is -2.26. The molecule has 0 fully saturated rings. The molecule has 2 heterocycles. The molecular weight excluding hydrogens is 314 g/mol. The van der Waals surface area contributed by atoms with Crippen LogP contribution in [0, 0.1) is 6.92 Å². The first-order valence-electron chi connectivity index (χ1n) is 8.57. The van der Waals surface area contributed by atoms with Gasteiger partial charge in [-0.2, -0.15) is 0 Å². The van der Waals surface area contributed by atoms with Gasteiger partial charge >= 0.3 is 0 Å². The Morgan fingerprint density at radius 3 is 3.00 bits per heavy atom.